The average molecular weight is 245 g/mol. The standard InChI is InChI=1S/C10H13ClN2OS/c1-15-5-4-13-10(14)8-3-2-7(12)6-9(8)11/h2-3,6H,4-5,12H2,1H3,(H,13,14). The van der Waals surface area contributed by atoms with Crippen LogP contribution in [-0.2, 0) is 0 Å². The molecule has 0 spiro atoms. The summed E-state index contributed by atoms with van der Waals surface area (Å²) in [5.41, 5.74) is 6.55. The molecule has 0 atom stereocenters. The largest absolute Gasteiger partial charge is 0.399 e. The van der Waals surface area contributed by atoms with Crippen LogP contribution < -0.4 is 11.1 Å². The summed E-state index contributed by atoms with van der Waals surface area (Å²) in [4.78, 5) is 11.6. The van der Waals surface area contributed by atoms with Gasteiger partial charge in [-0.2, -0.15) is 11.8 Å². The molecule has 0 heterocycles. The molecule has 0 aliphatic carbocycles. The molecule has 0 radical (unpaired) electrons. The van der Waals surface area contributed by atoms with Crippen molar-refractivity contribution in [2.45, 2.75) is 0 Å². The molecule has 3 nitrogen and oxygen atoms in total. The molecule has 82 valence electrons. The van der Waals surface area contributed by atoms with Gasteiger partial charge in [-0.3, -0.25) is 4.79 Å². The quantitative estimate of drug-likeness (QED) is 0.629. The van der Waals surface area contributed by atoms with E-state index in [0.717, 1.165) is 5.75 Å². The number of hydrogen-bond acceptors (Lipinski definition) is 3. The summed E-state index contributed by atoms with van der Waals surface area (Å²) in [5, 5.41) is 3.16. The number of rotatable bonds is 4. The maximum absolute atomic E-state index is 11.6. The summed E-state index contributed by atoms with van der Waals surface area (Å²) in [6.07, 6.45) is 1.99. The Hall–Kier alpha value is -0.870. The molecule has 1 aromatic rings. The fourth-order valence-corrected chi connectivity index (χ4v) is 1.66. The number of anilines is 1. The second kappa shape index (κ2) is 5.88. The first-order chi connectivity index (χ1) is 7.15. The maximum atomic E-state index is 11.6. The van der Waals surface area contributed by atoms with Crippen molar-refractivity contribution >= 4 is 35.0 Å². The molecule has 15 heavy (non-hydrogen) atoms. The molecule has 1 rings (SSSR count). The highest BCUT2D eigenvalue weighted by Crippen LogP contribution is 2.18. The zero-order valence-electron chi connectivity index (χ0n) is 8.42. The summed E-state index contributed by atoms with van der Waals surface area (Å²) < 4.78 is 0. The minimum atomic E-state index is -0.158. The first kappa shape index (κ1) is 12.2. The highest BCUT2D eigenvalue weighted by Gasteiger charge is 2.09. The van der Waals surface area contributed by atoms with E-state index in [0.29, 0.717) is 22.8 Å². The molecule has 0 unspecified atom stereocenters. The normalized spacial score (nSPS) is 10.0. The van der Waals surface area contributed by atoms with E-state index in [1.807, 2.05) is 6.26 Å². The number of nitrogens with two attached hydrogens (primary N) is 1. The number of nitrogens with one attached hydrogen (secondary N) is 1. The zero-order valence-corrected chi connectivity index (χ0v) is 9.99. The van der Waals surface area contributed by atoms with Gasteiger partial charge in [-0.05, 0) is 24.5 Å². The molecule has 3 N–H and O–H groups in total. The first-order valence-corrected chi connectivity index (χ1v) is 6.24. The Labute approximate surface area is 98.4 Å². The van der Waals surface area contributed by atoms with Crippen LogP contribution in [0.4, 0.5) is 5.69 Å². The van der Waals surface area contributed by atoms with Crippen LogP contribution in [0.15, 0.2) is 18.2 Å². The number of carbonyl (C=O) groups is 1. The first-order valence-electron chi connectivity index (χ1n) is 4.47. The molecule has 0 saturated carbocycles. The smallest absolute Gasteiger partial charge is 0.252 e. The van der Waals surface area contributed by atoms with Gasteiger partial charge >= 0.3 is 0 Å². The van der Waals surface area contributed by atoms with Gasteiger partial charge in [-0.15, -0.1) is 0 Å². The molecule has 0 aliphatic rings. The number of hydrogen-bond donors (Lipinski definition) is 2. The van der Waals surface area contributed by atoms with Crippen molar-refractivity contribution in [3.05, 3.63) is 28.8 Å². The van der Waals surface area contributed by atoms with E-state index in [2.05, 4.69) is 5.32 Å². The fourth-order valence-electron chi connectivity index (χ4n) is 1.08. The maximum Gasteiger partial charge on any atom is 0.252 e. The van der Waals surface area contributed by atoms with Crippen LogP contribution in [0, 0.1) is 0 Å². The lowest BCUT2D eigenvalue weighted by molar-refractivity contribution is 0.0956. The lowest BCUT2D eigenvalue weighted by Gasteiger charge is -2.06. The second-order valence-electron chi connectivity index (χ2n) is 2.99. The van der Waals surface area contributed by atoms with Crippen molar-refractivity contribution < 1.29 is 4.79 Å². The number of halogens is 1. The van der Waals surface area contributed by atoms with Gasteiger partial charge in [0.05, 0.1) is 10.6 Å². The van der Waals surface area contributed by atoms with Crippen LogP contribution in [0.2, 0.25) is 5.02 Å². The van der Waals surface area contributed by atoms with Crippen molar-refractivity contribution in [3.8, 4) is 0 Å². The van der Waals surface area contributed by atoms with Crippen LogP contribution in [0.25, 0.3) is 0 Å². The number of carbonyl (C=O) groups excluding carboxylic acids is 1. The zero-order chi connectivity index (χ0) is 11.3. The molecule has 5 heteroatoms. The molecular weight excluding hydrogens is 232 g/mol. The fraction of sp³-hybridized carbons (Fsp3) is 0.300. The van der Waals surface area contributed by atoms with Gasteiger partial charge in [-0.25, -0.2) is 0 Å². The van der Waals surface area contributed by atoms with Crippen LogP contribution >= 0.6 is 23.4 Å². The third-order valence-corrected chi connectivity index (χ3v) is 2.75. The number of nitrogen functional groups attached to an aromatic ring is 1. The van der Waals surface area contributed by atoms with E-state index in [4.69, 9.17) is 17.3 Å². The third-order valence-electron chi connectivity index (χ3n) is 1.83. The van der Waals surface area contributed by atoms with Gasteiger partial charge in [0.1, 0.15) is 0 Å². The Kier molecular flexibility index (Phi) is 4.78. The lowest BCUT2D eigenvalue weighted by atomic mass is 10.2. The number of thioether (sulfide) groups is 1. The van der Waals surface area contributed by atoms with Crippen LogP contribution in [0.1, 0.15) is 10.4 Å². The second-order valence-corrected chi connectivity index (χ2v) is 4.38. The molecule has 0 aromatic heterocycles. The average Bonchev–Trinajstić information content (AvgIpc) is 2.17. The van der Waals surface area contributed by atoms with E-state index in [1.54, 1.807) is 30.0 Å². The molecular formula is C10H13ClN2OS. The van der Waals surface area contributed by atoms with Crippen LogP contribution in [-0.4, -0.2) is 24.5 Å². The molecule has 0 fully saturated rings. The Morgan fingerprint density at radius 1 is 1.60 bits per heavy atom. The van der Waals surface area contributed by atoms with E-state index >= 15 is 0 Å². The van der Waals surface area contributed by atoms with E-state index in [1.165, 1.54) is 0 Å². The number of amides is 1. The van der Waals surface area contributed by atoms with Gasteiger partial charge in [-0.1, -0.05) is 11.6 Å². The van der Waals surface area contributed by atoms with Crippen molar-refractivity contribution in [3.63, 3.8) is 0 Å². The molecule has 0 bridgehead atoms. The predicted octanol–water partition coefficient (Wildman–Crippen LogP) is 2.01. The Morgan fingerprint density at radius 2 is 2.33 bits per heavy atom. The summed E-state index contributed by atoms with van der Waals surface area (Å²) in [6, 6.07) is 4.87. The minimum absolute atomic E-state index is 0.158. The Balaban J connectivity index is 2.65. The van der Waals surface area contributed by atoms with Crippen LogP contribution in [0.3, 0.4) is 0 Å². The topological polar surface area (TPSA) is 55.1 Å². The number of benzene rings is 1. The monoisotopic (exact) mass is 244 g/mol. The van der Waals surface area contributed by atoms with E-state index in [9.17, 15) is 4.79 Å². The predicted molar refractivity (Wildman–Crippen MR) is 66.6 cm³/mol. The van der Waals surface area contributed by atoms with Crippen molar-refractivity contribution in [2.24, 2.45) is 0 Å². The molecule has 1 aromatic carbocycles. The van der Waals surface area contributed by atoms with E-state index < -0.39 is 0 Å². The van der Waals surface area contributed by atoms with Gasteiger partial charge in [0.2, 0.25) is 0 Å². The molecule has 1 amide bonds. The van der Waals surface area contributed by atoms with E-state index in [-0.39, 0.29) is 5.91 Å². The summed E-state index contributed by atoms with van der Waals surface area (Å²) in [6.45, 7) is 0.640. The van der Waals surface area contributed by atoms with Gasteiger partial charge in [0.25, 0.3) is 5.91 Å². The Bertz CT molecular complexity index is 357. The summed E-state index contributed by atoms with van der Waals surface area (Å²) in [5.74, 6) is 0.729. The SMILES string of the molecule is CSCCNC(=O)c1ccc(N)cc1Cl. The third kappa shape index (κ3) is 3.64. The van der Waals surface area contributed by atoms with Crippen LogP contribution in [0.5, 0.6) is 0 Å². The highest BCUT2D eigenvalue weighted by molar-refractivity contribution is 7.98. The van der Waals surface area contributed by atoms with Gasteiger partial charge < -0.3 is 11.1 Å². The van der Waals surface area contributed by atoms with Gasteiger partial charge in [0.15, 0.2) is 0 Å². The highest BCUT2D eigenvalue weighted by atomic mass is 35.5. The van der Waals surface area contributed by atoms with Crippen molar-refractivity contribution in [1.82, 2.24) is 5.32 Å². The Morgan fingerprint density at radius 3 is 2.93 bits per heavy atom. The lowest BCUT2D eigenvalue weighted by Crippen LogP contribution is -2.25. The molecule has 0 saturated heterocycles. The summed E-state index contributed by atoms with van der Waals surface area (Å²) >= 11 is 7.57. The van der Waals surface area contributed by atoms with Gasteiger partial charge in [0, 0.05) is 18.0 Å². The van der Waals surface area contributed by atoms with Crippen molar-refractivity contribution in [2.75, 3.05) is 24.3 Å². The summed E-state index contributed by atoms with van der Waals surface area (Å²) in [7, 11) is 0. The minimum Gasteiger partial charge on any atom is -0.399 e. The molecule has 0 aliphatic heterocycles. The van der Waals surface area contributed by atoms with Crippen molar-refractivity contribution in [1.29, 1.82) is 0 Å².